The second kappa shape index (κ2) is 8.28. The number of nitrogen functional groups attached to an aromatic ring is 1. The highest BCUT2D eigenvalue weighted by molar-refractivity contribution is 8.00. The largest absolute Gasteiger partial charge is 0.399 e. The van der Waals surface area contributed by atoms with Gasteiger partial charge in [-0.1, -0.05) is 18.2 Å². The summed E-state index contributed by atoms with van der Waals surface area (Å²) in [6, 6.07) is 23.6. The molecule has 2 N–H and O–H groups in total. The Kier molecular flexibility index (Phi) is 5.39. The number of azo groups is 1. The number of benzene rings is 3. The number of carbonyl (C=O) groups is 2. The number of hydrogen-bond acceptors (Lipinski definition) is 6. The summed E-state index contributed by atoms with van der Waals surface area (Å²) in [7, 11) is 0. The van der Waals surface area contributed by atoms with Crippen LogP contribution in [-0.2, 0) is 9.59 Å². The Bertz CT molecular complexity index is 1050. The topological polar surface area (TPSA) is 88.1 Å². The van der Waals surface area contributed by atoms with E-state index in [0.717, 1.165) is 10.6 Å². The molecule has 6 nitrogen and oxygen atoms in total. The van der Waals surface area contributed by atoms with Crippen LogP contribution in [0.15, 0.2) is 94.0 Å². The Labute approximate surface area is 172 Å². The lowest BCUT2D eigenvalue weighted by Gasteiger charge is -2.15. The van der Waals surface area contributed by atoms with Gasteiger partial charge >= 0.3 is 0 Å². The number of imide groups is 1. The van der Waals surface area contributed by atoms with Crippen molar-refractivity contribution in [3.63, 3.8) is 0 Å². The van der Waals surface area contributed by atoms with Gasteiger partial charge in [0.15, 0.2) is 0 Å². The van der Waals surface area contributed by atoms with Crippen molar-refractivity contribution in [2.24, 2.45) is 10.2 Å². The Balaban J connectivity index is 1.46. The number of thioether (sulfide) groups is 1. The quantitative estimate of drug-likeness (QED) is 0.365. The molecular weight excluding hydrogens is 384 g/mol. The van der Waals surface area contributed by atoms with E-state index in [0.29, 0.717) is 17.1 Å². The predicted octanol–water partition coefficient (Wildman–Crippen LogP) is 5.11. The first kappa shape index (κ1) is 18.9. The molecule has 2 amide bonds. The Morgan fingerprint density at radius 3 is 2.10 bits per heavy atom. The van der Waals surface area contributed by atoms with E-state index in [4.69, 9.17) is 5.73 Å². The summed E-state index contributed by atoms with van der Waals surface area (Å²) in [5.41, 5.74) is 8.30. The SMILES string of the molecule is Nc1ccc(S[C@H]2CC(=O)N(c3ccc(N=Nc4ccccc4)cc3)C2=O)cc1. The van der Waals surface area contributed by atoms with E-state index in [-0.39, 0.29) is 18.2 Å². The molecule has 1 fully saturated rings. The number of nitrogens with zero attached hydrogens (tertiary/aromatic N) is 3. The van der Waals surface area contributed by atoms with E-state index < -0.39 is 5.25 Å². The van der Waals surface area contributed by atoms with Crippen molar-refractivity contribution in [1.29, 1.82) is 0 Å². The molecule has 29 heavy (non-hydrogen) atoms. The van der Waals surface area contributed by atoms with Crippen LogP contribution in [0.1, 0.15) is 6.42 Å². The fourth-order valence-corrected chi connectivity index (χ4v) is 4.01. The Hall–Kier alpha value is -3.45. The molecule has 3 aromatic carbocycles. The first-order valence-corrected chi connectivity index (χ1v) is 9.94. The summed E-state index contributed by atoms with van der Waals surface area (Å²) in [5, 5.41) is 7.91. The van der Waals surface area contributed by atoms with Crippen molar-refractivity contribution in [3.05, 3.63) is 78.9 Å². The van der Waals surface area contributed by atoms with Crippen LogP contribution in [0.25, 0.3) is 0 Å². The molecule has 1 saturated heterocycles. The predicted molar refractivity (Wildman–Crippen MR) is 115 cm³/mol. The van der Waals surface area contributed by atoms with E-state index in [1.54, 1.807) is 36.4 Å². The molecule has 0 saturated carbocycles. The zero-order chi connectivity index (χ0) is 20.2. The number of nitrogens with two attached hydrogens (primary N) is 1. The molecule has 1 atom stereocenters. The second-order valence-corrected chi connectivity index (χ2v) is 7.78. The molecule has 0 aliphatic carbocycles. The molecule has 0 unspecified atom stereocenters. The van der Waals surface area contributed by atoms with Gasteiger partial charge in [0.1, 0.15) is 0 Å². The van der Waals surface area contributed by atoms with Crippen LogP contribution in [-0.4, -0.2) is 17.1 Å². The molecule has 0 radical (unpaired) electrons. The van der Waals surface area contributed by atoms with E-state index >= 15 is 0 Å². The van der Waals surface area contributed by atoms with Gasteiger partial charge in [0.2, 0.25) is 11.8 Å². The fourth-order valence-electron chi connectivity index (χ4n) is 2.96. The van der Waals surface area contributed by atoms with E-state index in [1.807, 2.05) is 42.5 Å². The van der Waals surface area contributed by atoms with Gasteiger partial charge in [0.25, 0.3) is 0 Å². The minimum Gasteiger partial charge on any atom is -0.399 e. The number of hydrogen-bond donors (Lipinski definition) is 1. The standard InChI is InChI=1S/C22H18N4O2S/c23-15-6-12-19(13-7-15)29-20-14-21(27)26(22(20)28)18-10-8-17(9-11-18)25-24-16-4-2-1-3-5-16/h1-13,20H,14,23H2/t20-/m0/s1. The molecule has 3 aromatic rings. The third kappa shape index (κ3) is 4.35. The Morgan fingerprint density at radius 1 is 0.828 bits per heavy atom. The highest BCUT2D eigenvalue weighted by atomic mass is 32.2. The van der Waals surface area contributed by atoms with Crippen molar-refractivity contribution in [2.75, 3.05) is 10.6 Å². The third-order valence-corrected chi connectivity index (χ3v) is 5.61. The monoisotopic (exact) mass is 402 g/mol. The molecule has 144 valence electrons. The number of carbonyl (C=O) groups excluding carboxylic acids is 2. The van der Waals surface area contributed by atoms with Crippen LogP contribution in [0.2, 0.25) is 0 Å². The lowest BCUT2D eigenvalue weighted by atomic mass is 10.2. The molecule has 0 aromatic heterocycles. The lowest BCUT2D eigenvalue weighted by Crippen LogP contribution is -2.30. The molecule has 1 aliphatic rings. The van der Waals surface area contributed by atoms with Crippen molar-refractivity contribution in [1.82, 2.24) is 0 Å². The van der Waals surface area contributed by atoms with Crippen LogP contribution in [0.5, 0.6) is 0 Å². The Morgan fingerprint density at radius 2 is 1.45 bits per heavy atom. The van der Waals surface area contributed by atoms with Crippen molar-refractivity contribution >= 4 is 46.3 Å². The molecular formula is C22H18N4O2S. The minimum absolute atomic E-state index is 0.170. The highest BCUT2D eigenvalue weighted by Crippen LogP contribution is 2.34. The van der Waals surface area contributed by atoms with Crippen LogP contribution in [0.3, 0.4) is 0 Å². The van der Waals surface area contributed by atoms with Crippen LogP contribution >= 0.6 is 11.8 Å². The van der Waals surface area contributed by atoms with E-state index in [1.165, 1.54) is 16.7 Å². The first-order chi connectivity index (χ1) is 14.1. The van der Waals surface area contributed by atoms with Gasteiger partial charge in [-0.15, -0.1) is 11.8 Å². The normalized spacial score (nSPS) is 16.7. The van der Waals surface area contributed by atoms with Crippen LogP contribution < -0.4 is 10.6 Å². The average Bonchev–Trinajstić information content (AvgIpc) is 3.02. The van der Waals surface area contributed by atoms with Gasteiger partial charge in [-0.2, -0.15) is 10.2 Å². The summed E-state index contributed by atoms with van der Waals surface area (Å²) in [4.78, 5) is 27.4. The number of rotatable bonds is 5. The van der Waals surface area contributed by atoms with Crippen molar-refractivity contribution < 1.29 is 9.59 Å². The van der Waals surface area contributed by atoms with Gasteiger partial charge in [0, 0.05) is 17.0 Å². The van der Waals surface area contributed by atoms with Crippen LogP contribution in [0.4, 0.5) is 22.7 Å². The molecule has 0 spiro atoms. The van der Waals surface area contributed by atoms with Crippen molar-refractivity contribution in [3.8, 4) is 0 Å². The summed E-state index contributed by atoms with van der Waals surface area (Å²) >= 11 is 1.38. The van der Waals surface area contributed by atoms with Gasteiger partial charge in [-0.25, -0.2) is 4.90 Å². The van der Waals surface area contributed by atoms with Gasteiger partial charge < -0.3 is 5.73 Å². The number of anilines is 2. The molecule has 1 heterocycles. The summed E-state index contributed by atoms with van der Waals surface area (Å²) in [6.07, 6.45) is 0.170. The zero-order valence-corrected chi connectivity index (χ0v) is 16.3. The summed E-state index contributed by atoms with van der Waals surface area (Å²) < 4.78 is 0. The molecule has 1 aliphatic heterocycles. The minimum atomic E-state index is -0.441. The maximum atomic E-state index is 12.8. The first-order valence-electron chi connectivity index (χ1n) is 9.06. The maximum absolute atomic E-state index is 12.8. The zero-order valence-electron chi connectivity index (χ0n) is 15.4. The average molecular weight is 402 g/mol. The molecule has 0 bridgehead atoms. The van der Waals surface area contributed by atoms with Crippen molar-refractivity contribution in [2.45, 2.75) is 16.6 Å². The number of amides is 2. The van der Waals surface area contributed by atoms with E-state index in [9.17, 15) is 9.59 Å². The summed E-state index contributed by atoms with van der Waals surface area (Å²) in [5.74, 6) is -0.419. The smallest absolute Gasteiger partial charge is 0.247 e. The lowest BCUT2D eigenvalue weighted by molar-refractivity contribution is -0.121. The van der Waals surface area contributed by atoms with E-state index in [2.05, 4.69) is 10.2 Å². The van der Waals surface area contributed by atoms with Gasteiger partial charge in [0.05, 0.1) is 22.3 Å². The fraction of sp³-hybridized carbons (Fsp3) is 0.0909. The van der Waals surface area contributed by atoms with Crippen LogP contribution in [0, 0.1) is 0 Å². The maximum Gasteiger partial charge on any atom is 0.247 e. The highest BCUT2D eigenvalue weighted by Gasteiger charge is 2.40. The van der Waals surface area contributed by atoms with Gasteiger partial charge in [-0.05, 0) is 60.7 Å². The molecule has 4 rings (SSSR count). The molecule has 7 heteroatoms. The second-order valence-electron chi connectivity index (χ2n) is 6.50. The van der Waals surface area contributed by atoms with Gasteiger partial charge in [-0.3, -0.25) is 9.59 Å². The third-order valence-electron chi connectivity index (χ3n) is 4.41. The summed E-state index contributed by atoms with van der Waals surface area (Å²) in [6.45, 7) is 0.